The lowest BCUT2D eigenvalue weighted by atomic mass is 10.2. The molecule has 13 heavy (non-hydrogen) atoms. The van der Waals surface area contributed by atoms with Gasteiger partial charge in [0.05, 0.1) is 0 Å². The van der Waals surface area contributed by atoms with E-state index in [0.29, 0.717) is 0 Å². The van der Waals surface area contributed by atoms with Crippen molar-refractivity contribution < 1.29 is 13.9 Å². The molecule has 0 unspecified atom stereocenters. The van der Waals surface area contributed by atoms with Crippen LogP contribution in [-0.4, -0.2) is 16.1 Å². The predicted octanol–water partition coefficient (Wildman–Crippen LogP) is 2.25. The van der Waals surface area contributed by atoms with E-state index in [9.17, 15) is 4.89 Å². The molecule has 0 bridgehead atoms. The molecular weight excluding hydrogens is 189 g/mol. The van der Waals surface area contributed by atoms with Crippen LogP contribution in [0.2, 0.25) is 0 Å². The molecular formula is C8H21NO3P+. The lowest BCUT2D eigenvalue weighted by Gasteiger charge is -2.25. The van der Waals surface area contributed by atoms with Crippen molar-refractivity contribution in [1.82, 2.24) is 0 Å². The molecule has 0 atom stereocenters. The van der Waals surface area contributed by atoms with Crippen molar-refractivity contribution in [3.05, 3.63) is 0 Å². The van der Waals surface area contributed by atoms with Gasteiger partial charge >= 0.3 is 8.09 Å². The highest BCUT2D eigenvalue weighted by molar-refractivity contribution is 7.58. The molecule has 0 heterocycles. The standard InChI is InChI=1S/C8H21NO3P/c1-7(2,3)11-13(9,10)12-8(4,5)6/h10H,9H2,1-6H3/q+1. The van der Waals surface area contributed by atoms with Gasteiger partial charge in [0.25, 0.3) is 0 Å². The third-order valence-corrected chi connectivity index (χ3v) is 2.43. The smallest absolute Gasteiger partial charge is 0.178 e. The summed E-state index contributed by atoms with van der Waals surface area (Å²) >= 11 is 0. The van der Waals surface area contributed by atoms with Gasteiger partial charge in [-0.15, -0.1) is 5.50 Å². The first-order valence-corrected chi connectivity index (χ1v) is 5.88. The first-order chi connectivity index (χ1) is 5.41. The second-order valence-electron chi connectivity index (χ2n) is 4.97. The Kier molecular flexibility index (Phi) is 3.87. The van der Waals surface area contributed by atoms with Crippen molar-refractivity contribution in [2.75, 3.05) is 0 Å². The summed E-state index contributed by atoms with van der Waals surface area (Å²) in [4.78, 5) is 9.63. The molecule has 0 saturated carbocycles. The molecule has 0 aromatic heterocycles. The van der Waals surface area contributed by atoms with Crippen molar-refractivity contribution in [2.24, 2.45) is 5.50 Å². The third-order valence-electron chi connectivity index (χ3n) is 0.809. The van der Waals surface area contributed by atoms with E-state index in [1.54, 1.807) is 0 Å². The molecule has 0 aromatic carbocycles. The normalized spacial score (nSPS) is 14.8. The molecule has 0 aliphatic rings. The quantitative estimate of drug-likeness (QED) is 0.686. The Morgan fingerprint density at radius 3 is 1.31 bits per heavy atom. The van der Waals surface area contributed by atoms with Gasteiger partial charge in [-0.1, -0.05) is 0 Å². The van der Waals surface area contributed by atoms with E-state index >= 15 is 0 Å². The highest BCUT2D eigenvalue weighted by atomic mass is 31.2. The molecule has 80 valence electrons. The lowest BCUT2D eigenvalue weighted by Crippen LogP contribution is -2.29. The average molecular weight is 210 g/mol. The fraction of sp³-hybridized carbons (Fsp3) is 1.00. The Morgan fingerprint density at radius 1 is 0.923 bits per heavy atom. The summed E-state index contributed by atoms with van der Waals surface area (Å²) in [6, 6.07) is 0. The fourth-order valence-electron chi connectivity index (χ4n) is 0.803. The maximum Gasteiger partial charge on any atom is 0.497 e. The summed E-state index contributed by atoms with van der Waals surface area (Å²) in [5.74, 6) is 0. The van der Waals surface area contributed by atoms with Crippen LogP contribution in [0.4, 0.5) is 0 Å². The Balaban J connectivity index is 4.25. The van der Waals surface area contributed by atoms with Gasteiger partial charge in [-0.25, -0.2) is 0 Å². The summed E-state index contributed by atoms with van der Waals surface area (Å²) in [7, 11) is -3.19. The number of rotatable bonds is 2. The van der Waals surface area contributed by atoms with Crippen LogP contribution in [0.15, 0.2) is 0 Å². The highest BCUT2D eigenvalue weighted by Gasteiger charge is 2.45. The fourth-order valence-corrected chi connectivity index (χ4v) is 2.41. The summed E-state index contributed by atoms with van der Waals surface area (Å²) < 4.78 is 10.4. The minimum absolute atomic E-state index is 0.497. The van der Waals surface area contributed by atoms with E-state index in [1.165, 1.54) is 0 Å². The van der Waals surface area contributed by atoms with Crippen LogP contribution in [0.3, 0.4) is 0 Å². The van der Waals surface area contributed by atoms with Crippen LogP contribution in [0, 0.1) is 0 Å². The van der Waals surface area contributed by atoms with E-state index in [4.69, 9.17) is 14.6 Å². The van der Waals surface area contributed by atoms with Gasteiger partial charge in [-0.3, -0.25) is 0 Å². The molecule has 3 N–H and O–H groups in total. The van der Waals surface area contributed by atoms with Crippen molar-refractivity contribution >= 4 is 8.09 Å². The van der Waals surface area contributed by atoms with Crippen LogP contribution in [0.5, 0.6) is 0 Å². The van der Waals surface area contributed by atoms with Crippen LogP contribution in [-0.2, 0) is 9.05 Å². The molecule has 0 amide bonds. The molecule has 0 aliphatic heterocycles. The van der Waals surface area contributed by atoms with Crippen molar-refractivity contribution in [3.63, 3.8) is 0 Å². The molecule has 0 radical (unpaired) electrons. The second-order valence-corrected chi connectivity index (χ2v) is 6.46. The van der Waals surface area contributed by atoms with Gasteiger partial charge in [-0.2, -0.15) is 13.9 Å². The van der Waals surface area contributed by atoms with Crippen molar-refractivity contribution in [3.8, 4) is 0 Å². The zero-order valence-corrected chi connectivity index (χ0v) is 10.2. The van der Waals surface area contributed by atoms with Gasteiger partial charge in [-0.05, 0) is 41.5 Å². The van der Waals surface area contributed by atoms with Gasteiger partial charge in [0, 0.05) is 0 Å². The predicted molar refractivity (Wildman–Crippen MR) is 55.0 cm³/mol. The molecule has 0 saturated heterocycles. The van der Waals surface area contributed by atoms with Gasteiger partial charge < -0.3 is 0 Å². The second kappa shape index (κ2) is 3.79. The van der Waals surface area contributed by atoms with E-state index in [1.807, 2.05) is 41.5 Å². The monoisotopic (exact) mass is 210 g/mol. The maximum atomic E-state index is 9.63. The maximum absolute atomic E-state index is 9.63. The van der Waals surface area contributed by atoms with Gasteiger partial charge in [0.2, 0.25) is 0 Å². The number of nitrogens with two attached hydrogens (primary N) is 1. The minimum Gasteiger partial charge on any atom is -0.178 e. The number of hydrogen-bond donors (Lipinski definition) is 2. The molecule has 0 aliphatic carbocycles. The van der Waals surface area contributed by atoms with Crippen LogP contribution < -0.4 is 5.50 Å². The average Bonchev–Trinajstić information content (AvgIpc) is 1.43. The Bertz CT molecular complexity index is 151. The molecule has 5 heteroatoms. The summed E-state index contributed by atoms with van der Waals surface area (Å²) in [6.07, 6.45) is 0. The first-order valence-electron chi connectivity index (χ1n) is 4.23. The van der Waals surface area contributed by atoms with E-state index < -0.39 is 19.3 Å². The zero-order valence-electron chi connectivity index (χ0n) is 9.29. The van der Waals surface area contributed by atoms with Crippen LogP contribution in [0.25, 0.3) is 0 Å². The zero-order chi connectivity index (χ0) is 10.9. The molecule has 0 aromatic rings. The van der Waals surface area contributed by atoms with E-state index in [2.05, 4.69) is 0 Å². The van der Waals surface area contributed by atoms with E-state index in [-0.39, 0.29) is 0 Å². The Hall–Kier alpha value is 0.270. The first kappa shape index (κ1) is 13.3. The number of hydrogen-bond acceptors (Lipinski definition) is 4. The molecule has 4 nitrogen and oxygen atoms in total. The third kappa shape index (κ3) is 8.60. The largest absolute Gasteiger partial charge is 0.497 e. The summed E-state index contributed by atoms with van der Waals surface area (Å²) in [6.45, 7) is 10.9. The minimum atomic E-state index is -3.19. The van der Waals surface area contributed by atoms with Crippen LogP contribution in [0.1, 0.15) is 41.5 Å². The van der Waals surface area contributed by atoms with E-state index in [0.717, 1.165) is 0 Å². The SMILES string of the molecule is CC(C)(C)O[P+](N)(O)OC(C)(C)C. The molecule has 0 rings (SSSR count). The topological polar surface area (TPSA) is 64.7 Å². The van der Waals surface area contributed by atoms with Crippen molar-refractivity contribution in [1.29, 1.82) is 0 Å². The summed E-state index contributed by atoms with van der Waals surface area (Å²) in [5.41, 5.74) is 4.52. The Labute approximate surface area is 81.1 Å². The van der Waals surface area contributed by atoms with Crippen molar-refractivity contribution in [2.45, 2.75) is 52.7 Å². The molecule has 0 spiro atoms. The molecule has 0 fully saturated rings. The lowest BCUT2D eigenvalue weighted by molar-refractivity contribution is 0.0310. The summed E-state index contributed by atoms with van der Waals surface area (Å²) in [5, 5.41) is 0. The van der Waals surface area contributed by atoms with Crippen LogP contribution >= 0.6 is 8.09 Å². The Morgan fingerprint density at radius 2 is 1.15 bits per heavy atom. The highest BCUT2D eigenvalue weighted by Crippen LogP contribution is 2.54. The van der Waals surface area contributed by atoms with Gasteiger partial charge in [0.1, 0.15) is 11.2 Å². The van der Waals surface area contributed by atoms with Gasteiger partial charge in [0.15, 0.2) is 0 Å².